The van der Waals surface area contributed by atoms with Gasteiger partial charge in [-0.25, -0.2) is 19.2 Å². The number of rotatable bonds is 10. The molecule has 0 aliphatic heterocycles. The van der Waals surface area contributed by atoms with Crippen molar-refractivity contribution in [3.05, 3.63) is 0 Å². The Morgan fingerprint density at radius 2 is 0.821 bits per heavy atom. The van der Waals surface area contributed by atoms with E-state index in [2.05, 4.69) is 6.92 Å². The number of unbranched alkanes of at least 4 members (excludes halogenated alkanes) is 2. The summed E-state index contributed by atoms with van der Waals surface area (Å²) in [7, 11) is 0. The molecule has 14 heteroatoms. The van der Waals surface area contributed by atoms with Gasteiger partial charge in [0.1, 0.15) is 0 Å². The summed E-state index contributed by atoms with van der Waals surface area (Å²) < 4.78 is 0. The Hall–Kier alpha value is -2.36. The minimum atomic E-state index is -2.27. The number of carboxylic acid groups (broad SMARTS) is 4. The number of carboxylic acids is 4. The molecule has 0 aromatic carbocycles. The predicted octanol–water partition coefficient (Wildman–Crippen LogP) is -3.37. The Morgan fingerprint density at radius 1 is 0.571 bits per heavy atom. The third-order valence-electron chi connectivity index (χ3n) is 2.68. The molecule has 0 saturated heterocycles. The van der Waals surface area contributed by atoms with Crippen LogP contribution >= 0.6 is 0 Å². The highest BCUT2D eigenvalue weighted by Gasteiger charge is 2.30. The zero-order valence-corrected chi connectivity index (χ0v) is 14.8. The predicted molar refractivity (Wildman–Crippen MR) is 86.9 cm³/mol. The maximum absolute atomic E-state index is 9.77. The fraction of sp³-hybridized carbons (Fsp3) is 0.714. The van der Waals surface area contributed by atoms with E-state index in [9.17, 15) is 19.2 Å². The zero-order chi connectivity index (χ0) is 23.0. The molecule has 10 N–H and O–H groups in total. The Labute approximate surface area is 158 Å². The average molecular weight is 418 g/mol. The number of hydrogen-bond donors (Lipinski definition) is 10. The lowest BCUT2D eigenvalue weighted by atomic mass is 10.2. The third kappa shape index (κ3) is 17.1. The molecular weight excluding hydrogens is 392 g/mol. The van der Waals surface area contributed by atoms with Crippen molar-refractivity contribution in [2.24, 2.45) is 0 Å². The minimum Gasteiger partial charge on any atom is -0.479 e. The number of carbonyl (C=O) groups is 4. The maximum atomic E-state index is 9.77. The van der Waals surface area contributed by atoms with Crippen molar-refractivity contribution >= 4 is 23.9 Å². The lowest BCUT2D eigenvalue weighted by Gasteiger charge is -2.07. The third-order valence-corrected chi connectivity index (χ3v) is 2.68. The Bertz CT molecular complexity index is 405. The van der Waals surface area contributed by atoms with E-state index in [1.165, 1.54) is 0 Å². The Morgan fingerprint density at radius 3 is 0.964 bits per heavy atom. The van der Waals surface area contributed by atoms with Crippen molar-refractivity contribution < 1.29 is 70.2 Å². The van der Waals surface area contributed by atoms with E-state index >= 15 is 0 Å². The van der Waals surface area contributed by atoms with Gasteiger partial charge in [-0.1, -0.05) is 19.8 Å². The van der Waals surface area contributed by atoms with E-state index in [1.54, 1.807) is 0 Å². The highest BCUT2D eigenvalue weighted by Crippen LogP contribution is 2.00. The molecule has 4 atom stereocenters. The van der Waals surface area contributed by atoms with Gasteiger partial charge in [-0.3, -0.25) is 0 Å². The second kappa shape index (κ2) is 16.8. The summed E-state index contributed by atoms with van der Waals surface area (Å²) in [6.45, 7) is 2.09. The second-order valence-corrected chi connectivity index (χ2v) is 5.11. The molecule has 0 saturated carbocycles. The second-order valence-electron chi connectivity index (χ2n) is 5.11. The lowest BCUT2D eigenvalue weighted by molar-refractivity contribution is -0.165. The van der Waals surface area contributed by atoms with Crippen LogP contribution in [0.2, 0.25) is 0 Å². The molecule has 0 aromatic heterocycles. The van der Waals surface area contributed by atoms with Crippen molar-refractivity contribution in [3.63, 3.8) is 0 Å². The van der Waals surface area contributed by atoms with Crippen LogP contribution in [-0.4, -0.2) is 106 Å². The molecule has 0 aromatic rings. The van der Waals surface area contributed by atoms with Crippen LogP contribution in [0.3, 0.4) is 0 Å². The van der Waals surface area contributed by atoms with Gasteiger partial charge in [0.25, 0.3) is 0 Å². The molecule has 0 aliphatic rings. The summed E-state index contributed by atoms with van der Waals surface area (Å²) in [4.78, 5) is 39.1. The van der Waals surface area contributed by atoms with Gasteiger partial charge in [-0.15, -0.1) is 0 Å². The SMILES string of the molecule is CCCCCC(O)O.O=C(O)C(O)C(O)C(=O)O.O=C(O)C(O)C(O)C(=O)O. The number of aliphatic hydroxyl groups excluding tert-OH is 5. The molecule has 166 valence electrons. The van der Waals surface area contributed by atoms with Gasteiger partial charge in [0.2, 0.25) is 0 Å². The molecule has 0 radical (unpaired) electrons. The molecule has 0 heterocycles. The van der Waals surface area contributed by atoms with Crippen LogP contribution in [-0.2, 0) is 19.2 Å². The van der Waals surface area contributed by atoms with E-state index in [1.807, 2.05) is 0 Å². The first-order chi connectivity index (χ1) is 12.7. The molecule has 0 fully saturated rings. The molecule has 0 rings (SSSR count). The monoisotopic (exact) mass is 418 g/mol. The summed E-state index contributed by atoms with van der Waals surface area (Å²) in [5.41, 5.74) is 0. The summed E-state index contributed by atoms with van der Waals surface area (Å²) in [5, 5.41) is 81.7. The zero-order valence-electron chi connectivity index (χ0n) is 14.8. The van der Waals surface area contributed by atoms with Crippen LogP contribution in [0.25, 0.3) is 0 Å². The van der Waals surface area contributed by atoms with E-state index < -0.39 is 54.6 Å². The van der Waals surface area contributed by atoms with Gasteiger partial charge in [0.05, 0.1) is 0 Å². The van der Waals surface area contributed by atoms with Crippen LogP contribution in [0.5, 0.6) is 0 Å². The van der Waals surface area contributed by atoms with E-state index in [4.69, 9.17) is 51.1 Å². The van der Waals surface area contributed by atoms with Crippen LogP contribution in [0.1, 0.15) is 32.6 Å². The quantitative estimate of drug-likeness (QED) is 0.122. The molecular formula is C14H26O14. The standard InChI is InChI=1S/C6H14O2.2C4H6O6/c1-2-3-4-5-6(7)8;2*5-1(3(7)8)2(6)4(9)10/h6-8H,2-5H2,1H3;2*1-2,5-6H,(H,7,8)(H,9,10). The number of aliphatic hydroxyl groups is 6. The van der Waals surface area contributed by atoms with Crippen molar-refractivity contribution in [2.45, 2.75) is 63.3 Å². The van der Waals surface area contributed by atoms with E-state index in [0.29, 0.717) is 6.42 Å². The molecule has 0 spiro atoms. The van der Waals surface area contributed by atoms with Gasteiger partial charge in [0, 0.05) is 0 Å². The maximum Gasteiger partial charge on any atom is 0.335 e. The van der Waals surface area contributed by atoms with E-state index in [0.717, 1.165) is 19.3 Å². The van der Waals surface area contributed by atoms with Crippen LogP contribution in [0.15, 0.2) is 0 Å². The Balaban J connectivity index is -0.000000337. The molecule has 0 aliphatic carbocycles. The fourth-order valence-corrected chi connectivity index (χ4v) is 1.12. The largest absolute Gasteiger partial charge is 0.479 e. The van der Waals surface area contributed by atoms with Crippen molar-refractivity contribution in [1.82, 2.24) is 0 Å². The van der Waals surface area contributed by atoms with Crippen LogP contribution in [0.4, 0.5) is 0 Å². The molecule has 0 bridgehead atoms. The number of aliphatic carboxylic acids is 4. The fourth-order valence-electron chi connectivity index (χ4n) is 1.12. The Kier molecular flexibility index (Phi) is 18.2. The first kappa shape index (κ1) is 30.4. The first-order valence-electron chi connectivity index (χ1n) is 7.70. The molecule has 14 nitrogen and oxygen atoms in total. The van der Waals surface area contributed by atoms with Gasteiger partial charge < -0.3 is 51.1 Å². The van der Waals surface area contributed by atoms with Gasteiger partial charge in [-0.2, -0.15) is 0 Å². The summed E-state index contributed by atoms with van der Waals surface area (Å²) in [5.74, 6) is -7.07. The molecule has 28 heavy (non-hydrogen) atoms. The smallest absolute Gasteiger partial charge is 0.335 e. The minimum absolute atomic E-state index is 0.522. The van der Waals surface area contributed by atoms with E-state index in [-0.39, 0.29) is 0 Å². The summed E-state index contributed by atoms with van der Waals surface area (Å²) in [6.07, 6.45) is -6.49. The summed E-state index contributed by atoms with van der Waals surface area (Å²) in [6, 6.07) is 0. The van der Waals surface area contributed by atoms with Crippen molar-refractivity contribution in [3.8, 4) is 0 Å². The van der Waals surface area contributed by atoms with Gasteiger partial charge in [-0.05, 0) is 12.8 Å². The summed E-state index contributed by atoms with van der Waals surface area (Å²) >= 11 is 0. The molecule has 0 amide bonds. The van der Waals surface area contributed by atoms with Crippen molar-refractivity contribution in [1.29, 1.82) is 0 Å². The highest BCUT2D eigenvalue weighted by atomic mass is 16.5. The van der Waals surface area contributed by atoms with Crippen molar-refractivity contribution in [2.75, 3.05) is 0 Å². The number of hydrogen-bond acceptors (Lipinski definition) is 10. The van der Waals surface area contributed by atoms with Gasteiger partial charge in [0.15, 0.2) is 30.7 Å². The normalized spacial score (nSPS) is 14.3. The highest BCUT2D eigenvalue weighted by molar-refractivity contribution is 5.83. The van der Waals surface area contributed by atoms with Crippen LogP contribution < -0.4 is 0 Å². The average Bonchev–Trinajstić information content (AvgIpc) is 2.59. The molecule has 4 unspecified atom stereocenters. The topological polar surface area (TPSA) is 271 Å². The lowest BCUT2D eigenvalue weighted by Crippen LogP contribution is -2.39. The first-order valence-corrected chi connectivity index (χ1v) is 7.70. The van der Waals surface area contributed by atoms with Gasteiger partial charge >= 0.3 is 23.9 Å². The van der Waals surface area contributed by atoms with Crippen LogP contribution in [0, 0.1) is 0 Å².